The monoisotopic (exact) mass is 222 g/mol. The fraction of sp³-hybridized carbons (Fsp3) is 0.750. The zero-order valence-electron chi connectivity index (χ0n) is 11.4. The van der Waals surface area contributed by atoms with Gasteiger partial charge in [0.05, 0.1) is 0 Å². The highest BCUT2D eigenvalue weighted by atomic mass is 13.9. The summed E-state index contributed by atoms with van der Waals surface area (Å²) in [6, 6.07) is 0. The first-order valence-electron chi connectivity index (χ1n) is 7.23. The molecule has 0 heteroatoms. The molecule has 0 bridgehead atoms. The molecule has 0 N–H and O–H groups in total. The molecular weight excluding hydrogens is 192 g/mol. The van der Waals surface area contributed by atoms with Crippen molar-refractivity contribution in [2.24, 2.45) is 0 Å². The van der Waals surface area contributed by atoms with Gasteiger partial charge in [-0.1, -0.05) is 83.1 Å². The molecule has 0 radical (unpaired) electrons. The Morgan fingerprint density at radius 1 is 0.562 bits per heavy atom. The molecule has 0 fully saturated rings. The molecule has 0 aromatic heterocycles. The van der Waals surface area contributed by atoms with E-state index < -0.39 is 0 Å². The summed E-state index contributed by atoms with van der Waals surface area (Å²) in [6.07, 6.45) is 22.5. The third kappa shape index (κ3) is 13.5. The molecule has 0 saturated carbocycles. The Bertz CT molecular complexity index is 165. The Morgan fingerprint density at radius 2 is 1.06 bits per heavy atom. The Kier molecular flexibility index (Phi) is 14.0. The SMILES string of the molecule is CCCC/C=C/C=C\CCCCCCCC. The van der Waals surface area contributed by atoms with Crippen LogP contribution >= 0.6 is 0 Å². The van der Waals surface area contributed by atoms with E-state index >= 15 is 0 Å². The van der Waals surface area contributed by atoms with E-state index in [4.69, 9.17) is 0 Å². The van der Waals surface area contributed by atoms with Crippen LogP contribution in [0.2, 0.25) is 0 Å². The molecule has 0 nitrogen and oxygen atoms in total. The van der Waals surface area contributed by atoms with Crippen molar-refractivity contribution in [2.45, 2.75) is 78.1 Å². The van der Waals surface area contributed by atoms with Crippen molar-refractivity contribution in [1.29, 1.82) is 0 Å². The van der Waals surface area contributed by atoms with Crippen molar-refractivity contribution >= 4 is 0 Å². The molecule has 0 saturated heterocycles. The standard InChI is InChI=1S/C16H30/c1-3-5-7-9-11-13-15-16-14-12-10-8-6-4-2/h9,11,13,15H,3-8,10,12,14,16H2,1-2H3/b11-9+,15-13-. The molecule has 0 aliphatic heterocycles. The highest BCUT2D eigenvalue weighted by Gasteiger charge is 1.87. The topological polar surface area (TPSA) is 0 Å². The Balaban J connectivity index is 3.12. The lowest BCUT2D eigenvalue weighted by Gasteiger charge is -1.97. The molecule has 16 heavy (non-hydrogen) atoms. The summed E-state index contributed by atoms with van der Waals surface area (Å²) < 4.78 is 0. The molecule has 0 unspecified atom stereocenters. The van der Waals surface area contributed by atoms with E-state index in [-0.39, 0.29) is 0 Å². The number of allylic oxidation sites excluding steroid dienone is 4. The molecule has 0 aromatic carbocycles. The summed E-state index contributed by atoms with van der Waals surface area (Å²) in [6.45, 7) is 4.51. The molecule has 94 valence electrons. The van der Waals surface area contributed by atoms with Crippen molar-refractivity contribution in [3.8, 4) is 0 Å². The van der Waals surface area contributed by atoms with Crippen LogP contribution in [0.25, 0.3) is 0 Å². The average molecular weight is 222 g/mol. The van der Waals surface area contributed by atoms with Gasteiger partial charge in [0.1, 0.15) is 0 Å². The van der Waals surface area contributed by atoms with Crippen LogP contribution in [-0.2, 0) is 0 Å². The normalized spacial score (nSPS) is 11.9. The summed E-state index contributed by atoms with van der Waals surface area (Å²) >= 11 is 0. The molecule has 0 atom stereocenters. The Labute approximate surface area is 103 Å². The van der Waals surface area contributed by atoms with E-state index in [0.717, 1.165) is 0 Å². The minimum absolute atomic E-state index is 1.23. The van der Waals surface area contributed by atoms with Gasteiger partial charge in [-0.25, -0.2) is 0 Å². The predicted molar refractivity (Wildman–Crippen MR) is 75.8 cm³/mol. The minimum atomic E-state index is 1.23. The lowest BCUT2D eigenvalue weighted by atomic mass is 10.1. The average Bonchev–Trinajstić information content (AvgIpc) is 2.31. The molecule has 0 aliphatic carbocycles. The second kappa shape index (κ2) is 14.5. The van der Waals surface area contributed by atoms with Gasteiger partial charge in [-0.3, -0.25) is 0 Å². The Morgan fingerprint density at radius 3 is 1.69 bits per heavy atom. The smallest absolute Gasteiger partial charge is 0.0348 e. The number of hydrogen-bond donors (Lipinski definition) is 0. The second-order valence-corrected chi connectivity index (χ2v) is 4.55. The molecule has 0 spiro atoms. The third-order valence-corrected chi connectivity index (χ3v) is 2.83. The maximum atomic E-state index is 2.31. The summed E-state index contributed by atoms with van der Waals surface area (Å²) in [4.78, 5) is 0. The van der Waals surface area contributed by atoms with Crippen LogP contribution in [0.15, 0.2) is 24.3 Å². The quantitative estimate of drug-likeness (QED) is 0.295. The van der Waals surface area contributed by atoms with E-state index in [9.17, 15) is 0 Å². The van der Waals surface area contributed by atoms with Gasteiger partial charge in [0, 0.05) is 0 Å². The number of unbranched alkanes of at least 4 members (excludes halogenated alkanes) is 8. The first-order valence-corrected chi connectivity index (χ1v) is 7.23. The number of rotatable bonds is 11. The second-order valence-electron chi connectivity index (χ2n) is 4.55. The van der Waals surface area contributed by atoms with Crippen molar-refractivity contribution in [3.63, 3.8) is 0 Å². The van der Waals surface area contributed by atoms with E-state index in [1.165, 1.54) is 64.2 Å². The van der Waals surface area contributed by atoms with Crippen LogP contribution in [0.5, 0.6) is 0 Å². The zero-order chi connectivity index (χ0) is 11.9. The molecule has 0 amide bonds. The van der Waals surface area contributed by atoms with E-state index in [2.05, 4.69) is 38.2 Å². The highest BCUT2D eigenvalue weighted by Crippen LogP contribution is 2.07. The lowest BCUT2D eigenvalue weighted by molar-refractivity contribution is 0.611. The van der Waals surface area contributed by atoms with Crippen LogP contribution in [0, 0.1) is 0 Å². The lowest BCUT2D eigenvalue weighted by Crippen LogP contribution is -1.77. The van der Waals surface area contributed by atoms with Gasteiger partial charge in [0.2, 0.25) is 0 Å². The van der Waals surface area contributed by atoms with Gasteiger partial charge in [-0.2, -0.15) is 0 Å². The fourth-order valence-electron chi connectivity index (χ4n) is 1.71. The largest absolute Gasteiger partial charge is 0.0845 e. The van der Waals surface area contributed by atoms with Crippen LogP contribution in [0.1, 0.15) is 78.1 Å². The van der Waals surface area contributed by atoms with E-state index in [1.54, 1.807) is 0 Å². The highest BCUT2D eigenvalue weighted by molar-refractivity contribution is 5.02. The molecule has 0 rings (SSSR count). The molecule has 0 heterocycles. The molecule has 0 aromatic rings. The first-order chi connectivity index (χ1) is 7.91. The van der Waals surface area contributed by atoms with Crippen molar-refractivity contribution in [2.75, 3.05) is 0 Å². The fourth-order valence-corrected chi connectivity index (χ4v) is 1.71. The molecule has 0 aliphatic rings. The summed E-state index contributed by atoms with van der Waals surface area (Å²) in [7, 11) is 0. The third-order valence-electron chi connectivity index (χ3n) is 2.83. The van der Waals surface area contributed by atoms with Crippen molar-refractivity contribution in [1.82, 2.24) is 0 Å². The first kappa shape index (κ1) is 15.5. The van der Waals surface area contributed by atoms with Crippen molar-refractivity contribution in [3.05, 3.63) is 24.3 Å². The summed E-state index contributed by atoms with van der Waals surface area (Å²) in [5.41, 5.74) is 0. The van der Waals surface area contributed by atoms with Crippen LogP contribution in [0.3, 0.4) is 0 Å². The minimum Gasteiger partial charge on any atom is -0.0845 e. The van der Waals surface area contributed by atoms with Crippen molar-refractivity contribution < 1.29 is 0 Å². The summed E-state index contributed by atoms with van der Waals surface area (Å²) in [5.74, 6) is 0. The van der Waals surface area contributed by atoms with Crippen LogP contribution in [-0.4, -0.2) is 0 Å². The van der Waals surface area contributed by atoms with E-state index in [1.807, 2.05) is 0 Å². The number of hydrogen-bond acceptors (Lipinski definition) is 0. The predicted octanol–water partition coefficient (Wildman–Crippen LogP) is 6.04. The van der Waals surface area contributed by atoms with Gasteiger partial charge < -0.3 is 0 Å². The Hall–Kier alpha value is -0.520. The van der Waals surface area contributed by atoms with Crippen LogP contribution < -0.4 is 0 Å². The maximum Gasteiger partial charge on any atom is -0.0348 e. The van der Waals surface area contributed by atoms with Gasteiger partial charge in [0.25, 0.3) is 0 Å². The van der Waals surface area contributed by atoms with Gasteiger partial charge in [-0.05, 0) is 19.3 Å². The maximum absolute atomic E-state index is 2.31. The van der Waals surface area contributed by atoms with Gasteiger partial charge in [0.15, 0.2) is 0 Å². The van der Waals surface area contributed by atoms with Gasteiger partial charge in [-0.15, -0.1) is 0 Å². The van der Waals surface area contributed by atoms with Gasteiger partial charge >= 0.3 is 0 Å². The van der Waals surface area contributed by atoms with E-state index in [0.29, 0.717) is 0 Å². The molecular formula is C16H30. The summed E-state index contributed by atoms with van der Waals surface area (Å²) in [5, 5.41) is 0. The zero-order valence-corrected chi connectivity index (χ0v) is 11.4. The van der Waals surface area contributed by atoms with Crippen LogP contribution in [0.4, 0.5) is 0 Å².